The Bertz CT molecular complexity index is 248. The summed E-state index contributed by atoms with van der Waals surface area (Å²) in [6.45, 7) is 3.80. The maximum absolute atomic E-state index is 8.51. The van der Waals surface area contributed by atoms with Gasteiger partial charge in [-0.2, -0.15) is 0 Å². The second-order valence-corrected chi connectivity index (χ2v) is 4.80. The number of hydrogen-bond acceptors (Lipinski definition) is 4. The fourth-order valence-electron chi connectivity index (χ4n) is 2.23. The van der Waals surface area contributed by atoms with Crippen molar-refractivity contribution in [2.45, 2.75) is 31.7 Å². The Hall–Kier alpha value is -0.810. The number of amidine groups is 1. The van der Waals surface area contributed by atoms with E-state index < -0.39 is 0 Å². The fourth-order valence-corrected chi connectivity index (χ4v) is 2.23. The molecule has 1 heterocycles. The molecule has 2 fully saturated rings. The van der Waals surface area contributed by atoms with E-state index in [1.54, 1.807) is 0 Å². The Morgan fingerprint density at radius 2 is 2.25 bits per heavy atom. The summed E-state index contributed by atoms with van der Waals surface area (Å²) < 4.78 is 5.39. The fraction of sp³-hybridized carbons (Fsp3) is 0.909. The van der Waals surface area contributed by atoms with E-state index in [2.05, 4.69) is 10.1 Å². The Labute approximate surface area is 96.2 Å². The average molecular weight is 227 g/mol. The zero-order valence-electron chi connectivity index (χ0n) is 9.64. The molecule has 5 heteroatoms. The van der Waals surface area contributed by atoms with Crippen LogP contribution in [0.2, 0.25) is 0 Å². The molecule has 1 saturated carbocycles. The van der Waals surface area contributed by atoms with Crippen LogP contribution in [-0.2, 0) is 4.74 Å². The van der Waals surface area contributed by atoms with Crippen molar-refractivity contribution in [2.24, 2.45) is 16.8 Å². The normalized spacial score (nSPS) is 26.6. The van der Waals surface area contributed by atoms with Crippen LogP contribution in [0.15, 0.2) is 5.16 Å². The van der Waals surface area contributed by atoms with Crippen molar-refractivity contribution in [2.75, 3.05) is 26.3 Å². The number of rotatable bonds is 6. The molecular formula is C11H21N3O2. The van der Waals surface area contributed by atoms with Gasteiger partial charge in [-0.1, -0.05) is 5.16 Å². The zero-order chi connectivity index (χ0) is 11.4. The molecule has 0 aromatic heterocycles. The minimum atomic E-state index is 0.327. The summed E-state index contributed by atoms with van der Waals surface area (Å²) in [4.78, 5) is 2.47. The van der Waals surface area contributed by atoms with Crippen LogP contribution in [-0.4, -0.2) is 48.3 Å². The SMILES string of the molecule is NC(CCN(CC1CCOC1)C1CC1)=NO. The molecule has 5 nitrogen and oxygen atoms in total. The third-order valence-electron chi connectivity index (χ3n) is 3.36. The molecular weight excluding hydrogens is 206 g/mol. The van der Waals surface area contributed by atoms with E-state index in [-0.39, 0.29) is 0 Å². The molecule has 92 valence electrons. The van der Waals surface area contributed by atoms with Crippen LogP contribution < -0.4 is 5.73 Å². The lowest BCUT2D eigenvalue weighted by Gasteiger charge is -2.24. The molecule has 0 amide bonds. The van der Waals surface area contributed by atoms with Crippen molar-refractivity contribution in [3.05, 3.63) is 0 Å². The minimum Gasteiger partial charge on any atom is -0.409 e. The molecule has 2 aliphatic rings. The smallest absolute Gasteiger partial charge is 0.140 e. The van der Waals surface area contributed by atoms with Gasteiger partial charge in [0.15, 0.2) is 0 Å². The van der Waals surface area contributed by atoms with Gasteiger partial charge in [-0.15, -0.1) is 0 Å². The predicted octanol–water partition coefficient (Wildman–Crippen LogP) is 0.624. The van der Waals surface area contributed by atoms with Crippen LogP contribution in [0.1, 0.15) is 25.7 Å². The lowest BCUT2D eigenvalue weighted by molar-refractivity contribution is 0.165. The summed E-state index contributed by atoms with van der Waals surface area (Å²) in [5.74, 6) is 1.00. The summed E-state index contributed by atoms with van der Waals surface area (Å²) in [5.41, 5.74) is 5.50. The highest BCUT2D eigenvalue weighted by molar-refractivity contribution is 5.79. The number of ether oxygens (including phenoxy) is 1. The van der Waals surface area contributed by atoms with Gasteiger partial charge in [0.25, 0.3) is 0 Å². The molecule has 0 bridgehead atoms. The molecule has 0 spiro atoms. The van der Waals surface area contributed by atoms with E-state index in [9.17, 15) is 0 Å². The first kappa shape index (κ1) is 11.7. The van der Waals surface area contributed by atoms with E-state index in [4.69, 9.17) is 15.7 Å². The second-order valence-electron chi connectivity index (χ2n) is 4.80. The van der Waals surface area contributed by atoms with Crippen LogP contribution >= 0.6 is 0 Å². The maximum atomic E-state index is 8.51. The van der Waals surface area contributed by atoms with E-state index in [1.807, 2.05) is 0 Å². The van der Waals surface area contributed by atoms with Crippen molar-refractivity contribution in [3.8, 4) is 0 Å². The van der Waals surface area contributed by atoms with Crippen LogP contribution in [0.3, 0.4) is 0 Å². The Balaban J connectivity index is 1.75. The highest BCUT2D eigenvalue weighted by Gasteiger charge is 2.31. The minimum absolute atomic E-state index is 0.327. The van der Waals surface area contributed by atoms with E-state index in [0.29, 0.717) is 18.2 Å². The number of oxime groups is 1. The Morgan fingerprint density at radius 1 is 1.44 bits per heavy atom. The largest absolute Gasteiger partial charge is 0.409 e. The van der Waals surface area contributed by atoms with Crippen LogP contribution in [0, 0.1) is 5.92 Å². The molecule has 1 aliphatic heterocycles. The topological polar surface area (TPSA) is 71.1 Å². The summed E-state index contributed by atoms with van der Waals surface area (Å²) in [6, 6.07) is 0.729. The summed E-state index contributed by atoms with van der Waals surface area (Å²) in [5, 5.41) is 11.5. The van der Waals surface area contributed by atoms with Gasteiger partial charge in [0.2, 0.25) is 0 Å². The van der Waals surface area contributed by atoms with E-state index in [0.717, 1.165) is 32.3 Å². The predicted molar refractivity (Wildman–Crippen MR) is 61.5 cm³/mol. The summed E-state index contributed by atoms with van der Waals surface area (Å²) in [7, 11) is 0. The van der Waals surface area contributed by atoms with Crippen molar-refractivity contribution in [3.63, 3.8) is 0 Å². The molecule has 0 radical (unpaired) electrons. The number of hydrogen-bond donors (Lipinski definition) is 2. The van der Waals surface area contributed by atoms with Gasteiger partial charge in [0.1, 0.15) is 5.84 Å². The molecule has 2 rings (SSSR count). The molecule has 1 atom stereocenters. The average Bonchev–Trinajstić information content (AvgIpc) is 3.02. The van der Waals surface area contributed by atoms with Crippen LogP contribution in [0.4, 0.5) is 0 Å². The molecule has 0 aromatic rings. The molecule has 1 unspecified atom stereocenters. The Kier molecular flexibility index (Phi) is 4.01. The first-order valence-corrected chi connectivity index (χ1v) is 6.08. The van der Waals surface area contributed by atoms with Gasteiger partial charge in [-0.05, 0) is 25.2 Å². The van der Waals surface area contributed by atoms with Gasteiger partial charge in [0.05, 0.1) is 6.61 Å². The van der Waals surface area contributed by atoms with Gasteiger partial charge < -0.3 is 15.7 Å². The first-order valence-electron chi connectivity index (χ1n) is 6.08. The molecule has 0 aromatic carbocycles. The highest BCUT2D eigenvalue weighted by atomic mass is 16.5. The number of nitrogens with zero attached hydrogens (tertiary/aromatic N) is 2. The van der Waals surface area contributed by atoms with Crippen LogP contribution in [0.25, 0.3) is 0 Å². The summed E-state index contributed by atoms with van der Waals surface area (Å²) in [6.07, 6.45) is 4.42. The molecule has 1 aliphatic carbocycles. The van der Waals surface area contributed by atoms with Gasteiger partial charge >= 0.3 is 0 Å². The quantitative estimate of drug-likeness (QED) is 0.302. The molecule has 1 saturated heterocycles. The van der Waals surface area contributed by atoms with E-state index in [1.165, 1.54) is 19.3 Å². The molecule has 3 N–H and O–H groups in total. The summed E-state index contributed by atoms with van der Waals surface area (Å²) >= 11 is 0. The van der Waals surface area contributed by atoms with Crippen molar-refractivity contribution >= 4 is 5.84 Å². The van der Waals surface area contributed by atoms with Crippen molar-refractivity contribution in [1.29, 1.82) is 0 Å². The highest BCUT2D eigenvalue weighted by Crippen LogP contribution is 2.28. The van der Waals surface area contributed by atoms with Crippen molar-refractivity contribution in [1.82, 2.24) is 4.90 Å². The van der Waals surface area contributed by atoms with Crippen LogP contribution in [0.5, 0.6) is 0 Å². The van der Waals surface area contributed by atoms with E-state index >= 15 is 0 Å². The molecule has 16 heavy (non-hydrogen) atoms. The zero-order valence-corrected chi connectivity index (χ0v) is 9.64. The van der Waals surface area contributed by atoms with Gasteiger partial charge in [-0.25, -0.2) is 0 Å². The van der Waals surface area contributed by atoms with Gasteiger partial charge in [0, 0.05) is 32.2 Å². The third-order valence-corrected chi connectivity index (χ3v) is 3.36. The third kappa shape index (κ3) is 3.35. The number of nitrogens with two attached hydrogens (primary N) is 1. The first-order chi connectivity index (χ1) is 7.79. The second kappa shape index (κ2) is 5.50. The van der Waals surface area contributed by atoms with Crippen molar-refractivity contribution < 1.29 is 9.94 Å². The maximum Gasteiger partial charge on any atom is 0.140 e. The Morgan fingerprint density at radius 3 is 2.81 bits per heavy atom. The lowest BCUT2D eigenvalue weighted by atomic mass is 10.1. The monoisotopic (exact) mass is 227 g/mol. The lowest BCUT2D eigenvalue weighted by Crippen LogP contribution is -2.34. The van der Waals surface area contributed by atoms with Gasteiger partial charge in [-0.3, -0.25) is 4.90 Å². The standard InChI is InChI=1S/C11H21N3O2/c12-11(13-15)3-5-14(10-1-2-10)7-9-4-6-16-8-9/h9-10,15H,1-8H2,(H2,12,13).